The van der Waals surface area contributed by atoms with Crippen molar-refractivity contribution in [2.45, 2.75) is 0 Å². The number of nitrogens with zero attached hydrogens (tertiary/aromatic N) is 2. The fourth-order valence-corrected chi connectivity index (χ4v) is 1.44. The average molecular weight is 269 g/mol. The fourth-order valence-electron chi connectivity index (χ4n) is 1.01. The highest BCUT2D eigenvalue weighted by atomic mass is 79.9. The van der Waals surface area contributed by atoms with Gasteiger partial charge in [-0.1, -0.05) is 0 Å². The predicted molar refractivity (Wildman–Crippen MR) is 56.2 cm³/mol. The summed E-state index contributed by atoms with van der Waals surface area (Å²) in [5.74, 6) is 0.537. The summed E-state index contributed by atoms with van der Waals surface area (Å²) < 4.78 is 18.7. The zero-order valence-electron chi connectivity index (χ0n) is 7.52. The third-order valence-electron chi connectivity index (χ3n) is 1.65. The third-order valence-corrected chi connectivity index (χ3v) is 2.27. The Morgan fingerprint density at radius 3 is 2.80 bits per heavy atom. The molecule has 1 aromatic heterocycles. The van der Waals surface area contributed by atoms with Gasteiger partial charge >= 0.3 is 0 Å². The molecule has 0 aliphatic rings. The van der Waals surface area contributed by atoms with Gasteiger partial charge < -0.3 is 4.74 Å². The molecule has 1 heterocycles. The lowest BCUT2D eigenvalue weighted by Gasteiger charge is -2.05. The summed E-state index contributed by atoms with van der Waals surface area (Å²) in [5.41, 5.74) is 0. The number of hydrogen-bond acceptors (Lipinski definition) is 3. The van der Waals surface area contributed by atoms with E-state index in [2.05, 4.69) is 25.9 Å². The normalized spacial score (nSPS) is 10.0. The van der Waals surface area contributed by atoms with Crippen LogP contribution in [-0.4, -0.2) is 9.97 Å². The first-order chi connectivity index (χ1) is 7.25. The SMILES string of the molecule is Fc1ccc(Oc2cnccn2)c(Br)c1. The molecule has 0 fully saturated rings. The molecule has 0 spiro atoms. The van der Waals surface area contributed by atoms with Crippen LogP contribution in [0.1, 0.15) is 0 Å². The van der Waals surface area contributed by atoms with Crippen LogP contribution in [0.5, 0.6) is 11.6 Å². The predicted octanol–water partition coefficient (Wildman–Crippen LogP) is 3.17. The minimum absolute atomic E-state index is 0.326. The molecule has 1 aromatic carbocycles. The number of ether oxygens (including phenoxy) is 1. The van der Waals surface area contributed by atoms with E-state index in [4.69, 9.17) is 4.74 Å². The van der Waals surface area contributed by atoms with Gasteiger partial charge in [-0.2, -0.15) is 0 Å². The van der Waals surface area contributed by atoms with Crippen LogP contribution in [-0.2, 0) is 0 Å². The summed E-state index contributed by atoms with van der Waals surface area (Å²) in [6.45, 7) is 0. The molecule has 5 heteroatoms. The zero-order chi connectivity index (χ0) is 10.7. The van der Waals surface area contributed by atoms with Crippen molar-refractivity contribution >= 4 is 15.9 Å². The Kier molecular flexibility index (Phi) is 2.91. The Bertz CT molecular complexity index is 464. The Hall–Kier alpha value is -1.49. The van der Waals surface area contributed by atoms with Crippen LogP contribution in [0, 0.1) is 5.82 Å². The number of benzene rings is 1. The Labute approximate surface area is 94.1 Å². The molecule has 0 unspecified atom stereocenters. The van der Waals surface area contributed by atoms with E-state index in [1.165, 1.54) is 30.6 Å². The van der Waals surface area contributed by atoms with Gasteiger partial charge in [0.25, 0.3) is 0 Å². The fraction of sp³-hybridized carbons (Fsp3) is 0. The maximum absolute atomic E-state index is 12.8. The number of rotatable bonds is 2. The number of halogens is 2. The molecule has 3 nitrogen and oxygen atoms in total. The van der Waals surface area contributed by atoms with E-state index in [0.717, 1.165) is 0 Å². The van der Waals surface area contributed by atoms with Crippen molar-refractivity contribution in [2.75, 3.05) is 0 Å². The monoisotopic (exact) mass is 268 g/mol. The first-order valence-electron chi connectivity index (χ1n) is 4.14. The minimum atomic E-state index is -0.326. The highest BCUT2D eigenvalue weighted by molar-refractivity contribution is 9.10. The van der Waals surface area contributed by atoms with Crippen LogP contribution in [0.4, 0.5) is 4.39 Å². The molecular formula is C10H6BrFN2O. The Balaban J connectivity index is 2.25. The second-order valence-electron chi connectivity index (χ2n) is 2.72. The summed E-state index contributed by atoms with van der Waals surface area (Å²) in [6.07, 6.45) is 4.55. The van der Waals surface area contributed by atoms with E-state index in [0.29, 0.717) is 16.1 Å². The van der Waals surface area contributed by atoms with Crippen molar-refractivity contribution in [3.05, 3.63) is 47.1 Å². The van der Waals surface area contributed by atoms with Gasteiger partial charge in [-0.05, 0) is 34.1 Å². The summed E-state index contributed by atoms with van der Waals surface area (Å²) in [6, 6.07) is 4.16. The Morgan fingerprint density at radius 2 is 2.13 bits per heavy atom. The van der Waals surface area contributed by atoms with Crippen LogP contribution >= 0.6 is 15.9 Å². The van der Waals surface area contributed by atoms with Crippen molar-refractivity contribution in [3.8, 4) is 11.6 Å². The Morgan fingerprint density at radius 1 is 1.27 bits per heavy atom. The summed E-state index contributed by atoms with van der Waals surface area (Å²) in [7, 11) is 0. The van der Waals surface area contributed by atoms with Crippen LogP contribution in [0.15, 0.2) is 41.3 Å². The first kappa shape index (κ1) is 10.0. The molecule has 0 saturated carbocycles. The van der Waals surface area contributed by atoms with Crippen LogP contribution < -0.4 is 4.74 Å². The molecule has 0 N–H and O–H groups in total. The lowest BCUT2D eigenvalue weighted by atomic mass is 10.3. The standard InChI is InChI=1S/C10H6BrFN2O/c11-8-5-7(12)1-2-9(8)15-10-6-13-3-4-14-10/h1-6H. The van der Waals surface area contributed by atoms with E-state index >= 15 is 0 Å². The average Bonchev–Trinajstić information content (AvgIpc) is 2.24. The molecule has 15 heavy (non-hydrogen) atoms. The van der Waals surface area contributed by atoms with Crippen LogP contribution in [0.25, 0.3) is 0 Å². The van der Waals surface area contributed by atoms with Crippen LogP contribution in [0.3, 0.4) is 0 Å². The first-order valence-corrected chi connectivity index (χ1v) is 4.94. The van der Waals surface area contributed by atoms with E-state index < -0.39 is 0 Å². The highest BCUT2D eigenvalue weighted by Gasteiger charge is 2.04. The van der Waals surface area contributed by atoms with E-state index in [9.17, 15) is 4.39 Å². The molecule has 0 saturated heterocycles. The van der Waals surface area contributed by atoms with Crippen molar-refractivity contribution in [2.24, 2.45) is 0 Å². The lowest BCUT2D eigenvalue weighted by molar-refractivity contribution is 0.455. The molecule has 76 valence electrons. The molecule has 0 atom stereocenters. The van der Waals surface area contributed by atoms with Gasteiger partial charge in [0.2, 0.25) is 5.88 Å². The van der Waals surface area contributed by atoms with E-state index in [-0.39, 0.29) is 5.82 Å². The summed E-state index contributed by atoms with van der Waals surface area (Å²) in [4.78, 5) is 7.79. The zero-order valence-corrected chi connectivity index (χ0v) is 9.11. The third kappa shape index (κ3) is 2.50. The van der Waals surface area contributed by atoms with E-state index in [1.807, 2.05) is 0 Å². The smallest absolute Gasteiger partial charge is 0.237 e. The van der Waals surface area contributed by atoms with Gasteiger partial charge in [-0.15, -0.1) is 0 Å². The molecule has 0 bridgehead atoms. The van der Waals surface area contributed by atoms with Crippen molar-refractivity contribution in [1.82, 2.24) is 9.97 Å². The number of aromatic nitrogens is 2. The van der Waals surface area contributed by atoms with Gasteiger partial charge in [0.1, 0.15) is 11.6 Å². The second-order valence-corrected chi connectivity index (χ2v) is 3.57. The largest absolute Gasteiger partial charge is 0.436 e. The molecule has 0 aliphatic carbocycles. The quantitative estimate of drug-likeness (QED) is 0.839. The van der Waals surface area contributed by atoms with Gasteiger partial charge in [0, 0.05) is 12.4 Å². The molecule has 0 amide bonds. The van der Waals surface area contributed by atoms with Gasteiger partial charge in [-0.25, -0.2) is 9.37 Å². The molecule has 2 aromatic rings. The van der Waals surface area contributed by atoms with Crippen LogP contribution in [0.2, 0.25) is 0 Å². The van der Waals surface area contributed by atoms with Gasteiger partial charge in [0.15, 0.2) is 0 Å². The summed E-state index contributed by atoms with van der Waals surface area (Å²) in [5, 5.41) is 0. The lowest BCUT2D eigenvalue weighted by Crippen LogP contribution is -1.89. The summed E-state index contributed by atoms with van der Waals surface area (Å²) >= 11 is 3.19. The number of hydrogen-bond donors (Lipinski definition) is 0. The van der Waals surface area contributed by atoms with Crippen molar-refractivity contribution < 1.29 is 9.13 Å². The molecule has 0 radical (unpaired) electrons. The minimum Gasteiger partial charge on any atom is -0.436 e. The highest BCUT2D eigenvalue weighted by Crippen LogP contribution is 2.28. The maximum Gasteiger partial charge on any atom is 0.237 e. The van der Waals surface area contributed by atoms with Crippen molar-refractivity contribution in [1.29, 1.82) is 0 Å². The molecule has 2 rings (SSSR count). The van der Waals surface area contributed by atoms with Crippen molar-refractivity contribution in [3.63, 3.8) is 0 Å². The topological polar surface area (TPSA) is 35.0 Å². The molecular weight excluding hydrogens is 263 g/mol. The molecule has 0 aliphatic heterocycles. The van der Waals surface area contributed by atoms with Gasteiger partial charge in [-0.3, -0.25) is 4.98 Å². The van der Waals surface area contributed by atoms with Gasteiger partial charge in [0.05, 0.1) is 10.7 Å². The van der Waals surface area contributed by atoms with E-state index in [1.54, 1.807) is 6.20 Å². The second kappa shape index (κ2) is 4.35. The maximum atomic E-state index is 12.8.